The first-order valence-electron chi connectivity index (χ1n) is 10.0. The van der Waals surface area contributed by atoms with Crippen LogP contribution in [-0.2, 0) is 29.0 Å². The highest BCUT2D eigenvalue weighted by Gasteiger charge is 2.30. The summed E-state index contributed by atoms with van der Waals surface area (Å²) in [6.07, 6.45) is 0.478. The molecule has 3 aromatic rings. The first-order valence-corrected chi connectivity index (χ1v) is 10.8. The Hall–Kier alpha value is -2.82. The van der Waals surface area contributed by atoms with Gasteiger partial charge in [0.1, 0.15) is 6.04 Å². The maximum Gasteiger partial charge on any atom is 0.242 e. The second-order valence-corrected chi connectivity index (χ2v) is 8.02. The van der Waals surface area contributed by atoms with Crippen LogP contribution in [0.25, 0.3) is 0 Å². The van der Waals surface area contributed by atoms with Gasteiger partial charge in [-0.2, -0.15) is 0 Å². The van der Waals surface area contributed by atoms with Crippen molar-refractivity contribution >= 4 is 35.0 Å². The van der Waals surface area contributed by atoms with E-state index in [1.807, 2.05) is 66.7 Å². The van der Waals surface area contributed by atoms with Gasteiger partial charge in [-0.05, 0) is 28.8 Å². The second-order valence-electron chi connectivity index (χ2n) is 7.20. The van der Waals surface area contributed by atoms with Gasteiger partial charge in [0.2, 0.25) is 11.8 Å². The summed E-state index contributed by atoms with van der Waals surface area (Å²) in [6.45, 7) is 0.216. The SMILES string of the molecule is CNC(=O)C(Cc1ccccc1)N(Cc1ccccc1Cl)C(=O)Cc1ccccc1Cl. The zero-order valence-corrected chi connectivity index (χ0v) is 18.7. The number of likely N-dealkylation sites (N-methyl/N-ethyl adjacent to an activating group) is 1. The molecule has 0 aliphatic carbocycles. The predicted octanol–water partition coefficient (Wildman–Crippen LogP) is 4.92. The van der Waals surface area contributed by atoms with Crippen molar-refractivity contribution in [3.63, 3.8) is 0 Å². The number of nitrogens with zero attached hydrogens (tertiary/aromatic N) is 1. The molecule has 0 aliphatic rings. The Morgan fingerprint density at radius 1 is 0.839 bits per heavy atom. The standard InChI is InChI=1S/C25H24Cl2N2O2/c1-28-25(31)23(15-18-9-3-2-4-10-18)29(17-20-12-6-8-14-22(20)27)24(30)16-19-11-5-7-13-21(19)26/h2-14,23H,15-17H2,1H3,(H,28,31). The average Bonchev–Trinajstić information content (AvgIpc) is 2.79. The van der Waals surface area contributed by atoms with Crippen LogP contribution in [0, 0.1) is 0 Å². The molecule has 31 heavy (non-hydrogen) atoms. The van der Waals surface area contributed by atoms with Crippen molar-refractivity contribution in [3.05, 3.63) is 106 Å². The van der Waals surface area contributed by atoms with E-state index in [9.17, 15) is 9.59 Å². The van der Waals surface area contributed by atoms with Gasteiger partial charge in [0.05, 0.1) is 6.42 Å². The van der Waals surface area contributed by atoms with Crippen molar-refractivity contribution in [2.24, 2.45) is 0 Å². The van der Waals surface area contributed by atoms with E-state index in [4.69, 9.17) is 23.2 Å². The van der Waals surface area contributed by atoms with Crippen LogP contribution in [0.5, 0.6) is 0 Å². The lowest BCUT2D eigenvalue weighted by Gasteiger charge is -2.31. The third-order valence-corrected chi connectivity index (χ3v) is 5.85. The number of nitrogens with one attached hydrogen (secondary N) is 1. The largest absolute Gasteiger partial charge is 0.357 e. The lowest BCUT2D eigenvalue weighted by atomic mass is 10.0. The number of carbonyl (C=O) groups is 2. The Bertz CT molecular complexity index is 1040. The normalized spacial score (nSPS) is 11.6. The van der Waals surface area contributed by atoms with Crippen LogP contribution < -0.4 is 5.32 Å². The summed E-state index contributed by atoms with van der Waals surface area (Å²) in [6, 6.07) is 23.5. The topological polar surface area (TPSA) is 49.4 Å². The van der Waals surface area contributed by atoms with Crippen molar-refractivity contribution in [2.45, 2.75) is 25.4 Å². The highest BCUT2D eigenvalue weighted by molar-refractivity contribution is 6.31. The summed E-state index contributed by atoms with van der Waals surface area (Å²) in [7, 11) is 1.58. The summed E-state index contributed by atoms with van der Waals surface area (Å²) >= 11 is 12.7. The number of hydrogen-bond donors (Lipinski definition) is 1. The zero-order valence-electron chi connectivity index (χ0n) is 17.2. The third-order valence-electron chi connectivity index (χ3n) is 5.12. The fraction of sp³-hybridized carbons (Fsp3) is 0.200. The van der Waals surface area contributed by atoms with Crippen molar-refractivity contribution in [1.29, 1.82) is 0 Å². The summed E-state index contributed by atoms with van der Waals surface area (Å²) in [5, 5.41) is 3.78. The van der Waals surface area contributed by atoms with Gasteiger partial charge in [-0.25, -0.2) is 0 Å². The van der Waals surface area contributed by atoms with E-state index in [2.05, 4.69) is 5.32 Å². The van der Waals surface area contributed by atoms with Crippen LogP contribution in [0.3, 0.4) is 0 Å². The quantitative estimate of drug-likeness (QED) is 0.524. The summed E-state index contributed by atoms with van der Waals surface area (Å²) in [4.78, 5) is 28.0. The van der Waals surface area contributed by atoms with Gasteiger partial charge in [0.15, 0.2) is 0 Å². The summed E-state index contributed by atoms with van der Waals surface area (Å²) in [5.41, 5.74) is 2.46. The summed E-state index contributed by atoms with van der Waals surface area (Å²) < 4.78 is 0. The van der Waals surface area contributed by atoms with Gasteiger partial charge in [0, 0.05) is 30.1 Å². The molecule has 0 fully saturated rings. The van der Waals surface area contributed by atoms with E-state index < -0.39 is 6.04 Å². The number of amides is 2. The number of hydrogen-bond acceptors (Lipinski definition) is 2. The minimum atomic E-state index is -0.696. The molecule has 0 spiro atoms. The number of halogens is 2. The molecule has 3 aromatic carbocycles. The molecule has 1 N–H and O–H groups in total. The monoisotopic (exact) mass is 454 g/mol. The smallest absolute Gasteiger partial charge is 0.242 e. The molecule has 0 saturated heterocycles. The summed E-state index contributed by atoms with van der Waals surface area (Å²) in [5.74, 6) is -0.430. The van der Waals surface area contributed by atoms with Crippen LogP contribution in [0.2, 0.25) is 10.0 Å². The van der Waals surface area contributed by atoms with E-state index in [-0.39, 0.29) is 24.8 Å². The second kappa shape index (κ2) is 11.0. The molecule has 2 amide bonds. The highest BCUT2D eigenvalue weighted by Crippen LogP contribution is 2.22. The van der Waals surface area contributed by atoms with Crippen molar-refractivity contribution in [3.8, 4) is 0 Å². The lowest BCUT2D eigenvalue weighted by Crippen LogP contribution is -2.50. The number of rotatable bonds is 8. The molecular formula is C25H24Cl2N2O2. The van der Waals surface area contributed by atoms with Crippen LogP contribution in [0.15, 0.2) is 78.9 Å². The molecule has 0 radical (unpaired) electrons. The van der Waals surface area contributed by atoms with E-state index >= 15 is 0 Å². The molecule has 0 heterocycles. The van der Waals surface area contributed by atoms with E-state index in [0.717, 1.165) is 11.1 Å². The highest BCUT2D eigenvalue weighted by atomic mass is 35.5. The van der Waals surface area contributed by atoms with Crippen molar-refractivity contribution in [2.75, 3.05) is 7.05 Å². The van der Waals surface area contributed by atoms with Crippen LogP contribution >= 0.6 is 23.2 Å². The first-order chi connectivity index (χ1) is 15.0. The van der Waals surface area contributed by atoms with Gasteiger partial charge in [0.25, 0.3) is 0 Å². The Morgan fingerprint density at radius 2 is 1.39 bits per heavy atom. The Morgan fingerprint density at radius 3 is 1.97 bits per heavy atom. The zero-order chi connectivity index (χ0) is 22.2. The molecule has 160 valence electrons. The maximum absolute atomic E-state index is 13.5. The molecule has 0 aromatic heterocycles. The molecule has 1 unspecified atom stereocenters. The molecule has 0 bridgehead atoms. The average molecular weight is 455 g/mol. The fourth-order valence-electron chi connectivity index (χ4n) is 3.44. The van der Waals surface area contributed by atoms with Crippen LogP contribution in [0.4, 0.5) is 0 Å². The van der Waals surface area contributed by atoms with Crippen LogP contribution in [0.1, 0.15) is 16.7 Å². The molecule has 4 nitrogen and oxygen atoms in total. The minimum Gasteiger partial charge on any atom is -0.357 e. The Labute approximate surface area is 192 Å². The van der Waals surface area contributed by atoms with E-state index in [1.165, 1.54) is 0 Å². The maximum atomic E-state index is 13.5. The minimum absolute atomic E-state index is 0.0897. The van der Waals surface area contributed by atoms with Crippen LogP contribution in [-0.4, -0.2) is 29.8 Å². The molecule has 0 aliphatic heterocycles. The Kier molecular flexibility index (Phi) is 8.10. The van der Waals surface area contributed by atoms with Gasteiger partial charge in [-0.15, -0.1) is 0 Å². The number of benzene rings is 3. The predicted molar refractivity (Wildman–Crippen MR) is 125 cm³/mol. The molecule has 6 heteroatoms. The van der Waals surface area contributed by atoms with Gasteiger partial charge < -0.3 is 10.2 Å². The molecule has 0 saturated carbocycles. The third kappa shape index (κ3) is 6.09. The van der Waals surface area contributed by atoms with Crippen molar-refractivity contribution < 1.29 is 9.59 Å². The molecule has 3 rings (SSSR count). The lowest BCUT2D eigenvalue weighted by molar-refractivity contribution is -0.140. The van der Waals surface area contributed by atoms with Crippen molar-refractivity contribution in [1.82, 2.24) is 10.2 Å². The van der Waals surface area contributed by atoms with Gasteiger partial charge >= 0.3 is 0 Å². The first kappa shape index (κ1) is 22.9. The van der Waals surface area contributed by atoms with E-state index in [0.29, 0.717) is 22.0 Å². The fourth-order valence-corrected chi connectivity index (χ4v) is 3.83. The van der Waals surface area contributed by atoms with E-state index in [1.54, 1.807) is 24.1 Å². The molecule has 1 atom stereocenters. The number of carbonyl (C=O) groups excluding carboxylic acids is 2. The Balaban J connectivity index is 1.97. The molecular weight excluding hydrogens is 431 g/mol. The van der Waals surface area contributed by atoms with Gasteiger partial charge in [-0.1, -0.05) is 89.9 Å². The van der Waals surface area contributed by atoms with Gasteiger partial charge in [-0.3, -0.25) is 9.59 Å².